The Labute approximate surface area is 114 Å². The van der Waals surface area contributed by atoms with Crippen LogP contribution in [0.5, 0.6) is 0 Å². The van der Waals surface area contributed by atoms with Gasteiger partial charge >= 0.3 is 0 Å². The van der Waals surface area contributed by atoms with Crippen molar-refractivity contribution in [1.82, 2.24) is 15.0 Å². The standard InChI is InChI=1S/C13H14BrN3O/c1-17-11(13(14)15-16-17)12(18)10-6-8-4-2-3-5-9(8)7-10/h2-5,10,12,18H,6-7H2,1H3. The highest BCUT2D eigenvalue weighted by Gasteiger charge is 2.31. The van der Waals surface area contributed by atoms with Crippen molar-refractivity contribution < 1.29 is 5.11 Å². The summed E-state index contributed by atoms with van der Waals surface area (Å²) in [5.74, 6) is 0.205. The zero-order valence-corrected chi connectivity index (χ0v) is 11.6. The zero-order valence-electron chi connectivity index (χ0n) is 10.0. The van der Waals surface area contributed by atoms with Gasteiger partial charge < -0.3 is 5.11 Å². The Bertz CT molecular complexity index is 537. The van der Waals surface area contributed by atoms with Crippen LogP contribution < -0.4 is 0 Å². The summed E-state index contributed by atoms with van der Waals surface area (Å²) < 4.78 is 2.27. The average molecular weight is 308 g/mol. The Kier molecular flexibility index (Phi) is 2.95. The fourth-order valence-corrected chi connectivity index (χ4v) is 3.25. The van der Waals surface area contributed by atoms with Crippen molar-refractivity contribution in [3.63, 3.8) is 0 Å². The average Bonchev–Trinajstić information content (AvgIpc) is 2.92. The molecule has 18 heavy (non-hydrogen) atoms. The second kappa shape index (κ2) is 4.48. The molecule has 1 unspecified atom stereocenters. The molecule has 1 heterocycles. The van der Waals surface area contributed by atoms with Crippen LogP contribution in [0.1, 0.15) is 22.9 Å². The lowest BCUT2D eigenvalue weighted by Crippen LogP contribution is -2.16. The van der Waals surface area contributed by atoms with Gasteiger partial charge in [0.2, 0.25) is 0 Å². The number of hydrogen-bond donors (Lipinski definition) is 1. The van der Waals surface area contributed by atoms with Crippen LogP contribution in [0.3, 0.4) is 0 Å². The number of hydrogen-bond acceptors (Lipinski definition) is 3. The van der Waals surface area contributed by atoms with Gasteiger partial charge in [0.15, 0.2) is 4.60 Å². The van der Waals surface area contributed by atoms with Crippen LogP contribution in [0.4, 0.5) is 0 Å². The molecule has 0 fully saturated rings. The Hall–Kier alpha value is -1.20. The highest BCUT2D eigenvalue weighted by molar-refractivity contribution is 9.10. The van der Waals surface area contributed by atoms with Gasteiger partial charge in [-0.2, -0.15) is 0 Å². The third-order valence-electron chi connectivity index (χ3n) is 3.64. The van der Waals surface area contributed by atoms with E-state index >= 15 is 0 Å². The smallest absolute Gasteiger partial charge is 0.154 e. The predicted molar refractivity (Wildman–Crippen MR) is 71.0 cm³/mol. The van der Waals surface area contributed by atoms with E-state index in [1.165, 1.54) is 11.1 Å². The molecule has 0 radical (unpaired) electrons. The highest BCUT2D eigenvalue weighted by atomic mass is 79.9. The topological polar surface area (TPSA) is 50.9 Å². The Morgan fingerprint density at radius 3 is 2.44 bits per heavy atom. The monoisotopic (exact) mass is 307 g/mol. The fourth-order valence-electron chi connectivity index (χ4n) is 2.69. The lowest BCUT2D eigenvalue weighted by molar-refractivity contribution is 0.104. The molecule has 4 nitrogen and oxygen atoms in total. The van der Waals surface area contributed by atoms with Crippen LogP contribution >= 0.6 is 15.9 Å². The van der Waals surface area contributed by atoms with Crippen molar-refractivity contribution in [2.75, 3.05) is 0 Å². The van der Waals surface area contributed by atoms with Crippen molar-refractivity contribution in [2.24, 2.45) is 13.0 Å². The molecular weight excluding hydrogens is 294 g/mol. The first-order valence-electron chi connectivity index (χ1n) is 5.96. The molecule has 94 valence electrons. The summed E-state index contributed by atoms with van der Waals surface area (Å²) in [6, 6.07) is 8.38. The van der Waals surface area contributed by atoms with E-state index in [9.17, 15) is 5.11 Å². The van der Waals surface area contributed by atoms with Crippen molar-refractivity contribution >= 4 is 15.9 Å². The molecule has 2 aromatic rings. The predicted octanol–water partition coefficient (Wildman–Crippen LogP) is 2.03. The molecule has 0 aliphatic heterocycles. The first kappa shape index (κ1) is 11.9. The molecule has 0 saturated heterocycles. The van der Waals surface area contributed by atoms with E-state index in [1.54, 1.807) is 11.7 Å². The number of aliphatic hydroxyl groups excluding tert-OH is 1. The van der Waals surface area contributed by atoms with Gasteiger partial charge in [0.25, 0.3) is 0 Å². The van der Waals surface area contributed by atoms with Gasteiger partial charge in [-0.25, -0.2) is 4.68 Å². The van der Waals surface area contributed by atoms with Crippen molar-refractivity contribution in [1.29, 1.82) is 0 Å². The summed E-state index contributed by atoms with van der Waals surface area (Å²) in [6.07, 6.45) is 1.29. The van der Waals surface area contributed by atoms with E-state index in [-0.39, 0.29) is 5.92 Å². The summed E-state index contributed by atoms with van der Waals surface area (Å²) in [7, 11) is 1.80. The molecule has 1 aliphatic carbocycles. The number of aromatic nitrogens is 3. The van der Waals surface area contributed by atoms with Crippen molar-refractivity contribution in [3.8, 4) is 0 Å². The van der Waals surface area contributed by atoms with Crippen molar-refractivity contribution in [2.45, 2.75) is 18.9 Å². The SMILES string of the molecule is Cn1nnc(Br)c1C(O)C1Cc2ccccc2C1. The molecule has 1 aromatic carbocycles. The lowest BCUT2D eigenvalue weighted by Gasteiger charge is -2.17. The zero-order chi connectivity index (χ0) is 12.7. The molecule has 0 spiro atoms. The van der Waals surface area contributed by atoms with Gasteiger partial charge in [0, 0.05) is 7.05 Å². The van der Waals surface area contributed by atoms with Crippen LogP contribution in [0, 0.1) is 5.92 Å². The minimum atomic E-state index is -0.535. The van der Waals surface area contributed by atoms with Crippen LogP contribution in [0.15, 0.2) is 28.9 Å². The first-order chi connectivity index (χ1) is 8.66. The minimum absolute atomic E-state index is 0.205. The van der Waals surface area contributed by atoms with E-state index < -0.39 is 6.10 Å². The quantitative estimate of drug-likeness (QED) is 0.923. The fraction of sp³-hybridized carbons (Fsp3) is 0.385. The molecule has 5 heteroatoms. The maximum atomic E-state index is 10.5. The maximum Gasteiger partial charge on any atom is 0.154 e. The van der Waals surface area contributed by atoms with E-state index in [4.69, 9.17) is 0 Å². The van der Waals surface area contributed by atoms with Crippen molar-refractivity contribution in [3.05, 3.63) is 45.7 Å². The molecule has 0 amide bonds. The summed E-state index contributed by atoms with van der Waals surface area (Å²) in [5, 5.41) is 18.4. The van der Waals surface area contributed by atoms with Gasteiger partial charge in [-0.3, -0.25) is 0 Å². The van der Waals surface area contributed by atoms with Gasteiger partial charge in [0.1, 0.15) is 11.8 Å². The number of nitrogens with zero attached hydrogens (tertiary/aromatic N) is 3. The van der Waals surface area contributed by atoms with Gasteiger partial charge in [0.05, 0.1) is 0 Å². The van der Waals surface area contributed by atoms with Crippen LogP contribution in [0.2, 0.25) is 0 Å². The normalized spacial score (nSPS) is 16.8. The van der Waals surface area contributed by atoms with Crippen LogP contribution in [-0.4, -0.2) is 20.1 Å². The highest BCUT2D eigenvalue weighted by Crippen LogP contribution is 2.36. The summed E-state index contributed by atoms with van der Waals surface area (Å²) >= 11 is 3.35. The molecule has 1 aliphatic rings. The molecule has 1 N–H and O–H groups in total. The Morgan fingerprint density at radius 1 is 1.33 bits per heavy atom. The van der Waals surface area contributed by atoms with Gasteiger partial charge in [-0.15, -0.1) is 5.10 Å². The molecule has 1 aromatic heterocycles. The molecule has 0 saturated carbocycles. The van der Waals surface area contributed by atoms with Crippen LogP contribution in [-0.2, 0) is 19.9 Å². The maximum absolute atomic E-state index is 10.5. The second-order valence-electron chi connectivity index (χ2n) is 4.77. The minimum Gasteiger partial charge on any atom is -0.386 e. The third-order valence-corrected chi connectivity index (χ3v) is 4.20. The molecular formula is C13H14BrN3O. The number of rotatable bonds is 2. The number of halogens is 1. The number of aryl methyl sites for hydroxylation is 1. The van der Waals surface area contributed by atoms with E-state index in [1.807, 2.05) is 0 Å². The Morgan fingerprint density at radius 2 is 1.94 bits per heavy atom. The largest absolute Gasteiger partial charge is 0.386 e. The van der Waals surface area contributed by atoms with E-state index in [0.717, 1.165) is 18.5 Å². The van der Waals surface area contributed by atoms with Crippen LogP contribution in [0.25, 0.3) is 0 Å². The third kappa shape index (κ3) is 1.87. The molecule has 0 bridgehead atoms. The lowest BCUT2D eigenvalue weighted by atomic mass is 9.97. The van der Waals surface area contributed by atoms with E-state index in [0.29, 0.717) is 4.60 Å². The second-order valence-corrected chi connectivity index (χ2v) is 5.52. The molecule has 3 rings (SSSR count). The van der Waals surface area contributed by atoms with Gasteiger partial charge in [-0.1, -0.05) is 29.5 Å². The summed E-state index contributed by atoms with van der Waals surface area (Å²) in [5.41, 5.74) is 3.44. The first-order valence-corrected chi connectivity index (χ1v) is 6.76. The Balaban J connectivity index is 1.87. The summed E-state index contributed by atoms with van der Waals surface area (Å²) in [6.45, 7) is 0. The number of benzene rings is 1. The number of aliphatic hydroxyl groups is 1. The summed E-state index contributed by atoms with van der Waals surface area (Å²) in [4.78, 5) is 0. The van der Waals surface area contributed by atoms with E-state index in [2.05, 4.69) is 50.5 Å². The molecule has 1 atom stereocenters. The number of fused-ring (bicyclic) bond motifs is 1. The van der Waals surface area contributed by atoms with Gasteiger partial charge in [-0.05, 0) is 45.8 Å².